The first-order valence-corrected chi connectivity index (χ1v) is 14.4. The molecule has 0 saturated heterocycles. The Morgan fingerprint density at radius 3 is 2.12 bits per heavy atom. The van der Waals surface area contributed by atoms with Gasteiger partial charge in [-0.1, -0.05) is 0 Å². The number of benzene rings is 1. The van der Waals surface area contributed by atoms with Gasteiger partial charge in [0.15, 0.2) is 0 Å². The molecule has 0 spiro atoms. The Kier molecular flexibility index (Phi) is 4.13. The van der Waals surface area contributed by atoms with E-state index < -0.39 is 15.9 Å². The van der Waals surface area contributed by atoms with Crippen molar-refractivity contribution in [3.8, 4) is 0 Å². The fraction of sp³-hybridized carbons (Fsp3) is 0.231. The summed E-state index contributed by atoms with van der Waals surface area (Å²) in [5.41, 5.74) is 3.71. The average Bonchev–Trinajstić information content (AvgIpc) is 2.67. The van der Waals surface area contributed by atoms with Crippen molar-refractivity contribution in [2.45, 2.75) is 20.8 Å². The third kappa shape index (κ3) is 2.67. The second kappa shape index (κ2) is 5.11. The molecule has 1 heterocycles. The van der Waals surface area contributed by atoms with Crippen LogP contribution in [0.15, 0.2) is 29.6 Å². The Labute approximate surface area is 118 Å². The fourth-order valence-electron chi connectivity index (χ4n) is 2.08. The van der Waals surface area contributed by atoms with E-state index in [9.17, 15) is 0 Å². The van der Waals surface area contributed by atoms with Crippen LogP contribution in [0.1, 0.15) is 16.7 Å². The van der Waals surface area contributed by atoms with Crippen LogP contribution in [0.25, 0.3) is 0 Å². The molecule has 0 radical (unpaired) electrons. The maximum atomic E-state index is 6.76. The predicted molar refractivity (Wildman–Crippen MR) is 81.7 cm³/mol. The molecule has 0 nitrogen and oxygen atoms in total. The van der Waals surface area contributed by atoms with E-state index in [1.807, 2.05) is 11.4 Å². The summed E-state index contributed by atoms with van der Waals surface area (Å²) >= 11 is -1.48. The molecule has 17 heavy (non-hydrogen) atoms. The standard InChI is InChI=1S/C13H14Cl2STe/c1-9-7-10(2)13(11(3)8-9)17(14,15)12-5-4-6-16-12/h4-8H,1-3H3. The summed E-state index contributed by atoms with van der Waals surface area (Å²) in [5, 5.41) is 2.04. The van der Waals surface area contributed by atoms with E-state index >= 15 is 0 Å². The van der Waals surface area contributed by atoms with Gasteiger partial charge >= 0.3 is 119 Å². The van der Waals surface area contributed by atoms with Gasteiger partial charge in [-0.3, -0.25) is 0 Å². The van der Waals surface area contributed by atoms with Gasteiger partial charge in [0, 0.05) is 0 Å². The van der Waals surface area contributed by atoms with Crippen molar-refractivity contribution in [1.82, 2.24) is 0 Å². The van der Waals surface area contributed by atoms with E-state index in [1.54, 1.807) is 11.3 Å². The van der Waals surface area contributed by atoms with Gasteiger partial charge in [-0.25, -0.2) is 0 Å². The molecule has 0 bridgehead atoms. The van der Waals surface area contributed by atoms with Crippen molar-refractivity contribution >= 4 is 51.7 Å². The summed E-state index contributed by atoms with van der Waals surface area (Å²) in [7, 11) is 13.5. The Balaban J connectivity index is 2.61. The zero-order valence-electron chi connectivity index (χ0n) is 9.96. The molecular weight excluding hydrogens is 387 g/mol. The first-order chi connectivity index (χ1) is 7.93. The molecule has 0 aliphatic heterocycles. The van der Waals surface area contributed by atoms with Gasteiger partial charge in [0.1, 0.15) is 0 Å². The SMILES string of the molecule is Cc1cc(C)c([Te](Cl)(Cl)c2cccs2)c(C)c1. The van der Waals surface area contributed by atoms with Crippen molar-refractivity contribution < 1.29 is 0 Å². The van der Waals surface area contributed by atoms with Crippen LogP contribution in [0.5, 0.6) is 0 Å². The van der Waals surface area contributed by atoms with E-state index in [-0.39, 0.29) is 0 Å². The summed E-state index contributed by atoms with van der Waals surface area (Å²) in [5.74, 6) is 0. The van der Waals surface area contributed by atoms with Crippen molar-refractivity contribution in [1.29, 1.82) is 0 Å². The molecule has 0 N–H and O–H groups in total. The van der Waals surface area contributed by atoms with Gasteiger partial charge in [0.25, 0.3) is 0 Å². The number of hydrogen-bond acceptors (Lipinski definition) is 1. The van der Waals surface area contributed by atoms with Gasteiger partial charge in [-0.05, 0) is 0 Å². The molecule has 0 saturated carbocycles. The van der Waals surface area contributed by atoms with Crippen LogP contribution in [0.4, 0.5) is 0 Å². The molecule has 0 atom stereocenters. The topological polar surface area (TPSA) is 0 Å². The minimum absolute atomic E-state index is 1.16. The molecule has 2 rings (SSSR count). The molecule has 0 unspecified atom stereocenters. The average molecular weight is 401 g/mol. The number of hydrogen-bond donors (Lipinski definition) is 0. The van der Waals surface area contributed by atoms with Gasteiger partial charge in [-0.15, -0.1) is 0 Å². The minimum atomic E-state index is -3.14. The normalized spacial score (nSPS) is 12.8. The fourth-order valence-corrected chi connectivity index (χ4v) is 14.1. The Morgan fingerprint density at radius 1 is 1.06 bits per heavy atom. The van der Waals surface area contributed by atoms with Crippen molar-refractivity contribution in [3.05, 3.63) is 46.3 Å². The Morgan fingerprint density at radius 2 is 1.65 bits per heavy atom. The Hall–Kier alpha value is 0.290. The van der Waals surface area contributed by atoms with Crippen LogP contribution in [0.2, 0.25) is 0 Å². The van der Waals surface area contributed by atoms with Crippen LogP contribution in [0, 0.1) is 20.8 Å². The number of halogens is 2. The van der Waals surface area contributed by atoms with Crippen LogP contribution in [0.3, 0.4) is 0 Å². The first-order valence-electron chi connectivity index (χ1n) is 5.27. The molecule has 0 aliphatic rings. The predicted octanol–water partition coefficient (Wildman–Crippen LogP) is 3.71. The third-order valence-corrected chi connectivity index (χ3v) is 16.4. The second-order valence-corrected chi connectivity index (χ2v) is 18.3. The summed E-state index contributed by atoms with van der Waals surface area (Å²) in [6.07, 6.45) is 0. The summed E-state index contributed by atoms with van der Waals surface area (Å²) < 4.78 is 2.36. The number of rotatable bonds is 2. The monoisotopic (exact) mass is 402 g/mol. The van der Waals surface area contributed by atoms with Crippen LogP contribution < -0.4 is 6.54 Å². The van der Waals surface area contributed by atoms with Crippen molar-refractivity contribution in [2.75, 3.05) is 0 Å². The summed E-state index contributed by atoms with van der Waals surface area (Å²) in [6.45, 7) is 6.31. The molecular formula is C13H14Cl2STe. The van der Waals surface area contributed by atoms with E-state index in [0.717, 1.165) is 2.93 Å². The maximum absolute atomic E-state index is 6.76. The third-order valence-electron chi connectivity index (χ3n) is 2.61. The zero-order chi connectivity index (χ0) is 12.6. The van der Waals surface area contributed by atoms with Gasteiger partial charge in [0.05, 0.1) is 0 Å². The molecule has 0 aliphatic carbocycles. The molecule has 0 amide bonds. The second-order valence-electron chi connectivity index (χ2n) is 4.13. The Bertz CT molecular complexity index is 509. The van der Waals surface area contributed by atoms with E-state index in [4.69, 9.17) is 17.9 Å². The van der Waals surface area contributed by atoms with Crippen LogP contribution in [-0.4, -0.2) is 15.9 Å². The van der Waals surface area contributed by atoms with Gasteiger partial charge in [-0.2, -0.15) is 0 Å². The quantitative estimate of drug-likeness (QED) is 0.674. The number of aryl methyl sites for hydroxylation is 3. The van der Waals surface area contributed by atoms with Crippen LogP contribution >= 0.6 is 29.3 Å². The molecule has 92 valence electrons. The van der Waals surface area contributed by atoms with Crippen molar-refractivity contribution in [3.63, 3.8) is 0 Å². The first kappa shape index (κ1) is 13.7. The van der Waals surface area contributed by atoms with E-state index in [2.05, 4.69) is 39.0 Å². The van der Waals surface area contributed by atoms with Crippen molar-refractivity contribution in [2.24, 2.45) is 0 Å². The van der Waals surface area contributed by atoms with E-state index in [1.165, 1.54) is 20.3 Å². The molecule has 1 aromatic heterocycles. The molecule has 4 heteroatoms. The molecule has 0 fully saturated rings. The summed E-state index contributed by atoms with van der Waals surface area (Å²) in [6, 6.07) is 8.41. The van der Waals surface area contributed by atoms with Crippen LogP contribution in [-0.2, 0) is 0 Å². The molecule has 2 aromatic rings. The van der Waals surface area contributed by atoms with Gasteiger partial charge < -0.3 is 0 Å². The molecule has 1 aromatic carbocycles. The zero-order valence-corrected chi connectivity index (χ0v) is 14.6. The summed E-state index contributed by atoms with van der Waals surface area (Å²) in [4.78, 5) is 0. The van der Waals surface area contributed by atoms with Gasteiger partial charge in [0.2, 0.25) is 0 Å². The number of thiophene rings is 1. The van der Waals surface area contributed by atoms with E-state index in [0.29, 0.717) is 0 Å².